The monoisotopic (exact) mass is 152 g/mol. The predicted octanol–water partition coefficient (Wildman–Crippen LogP) is -0.269. The maximum Gasteiger partial charge on any atom is 0.193 e. The minimum absolute atomic E-state index is 0.436. The van der Waals surface area contributed by atoms with Gasteiger partial charge in [-0.25, -0.2) is 0 Å². The molecule has 0 rings (SSSR count). The smallest absolute Gasteiger partial charge is 0.193 e. The SMILES string of the molecule is CCC(C#N)(C#N)NCCN. The van der Waals surface area contributed by atoms with Gasteiger partial charge in [-0.1, -0.05) is 6.92 Å². The minimum atomic E-state index is -1.04. The quantitative estimate of drug-likeness (QED) is 0.580. The molecule has 0 aliphatic heterocycles. The average Bonchev–Trinajstić information content (AvgIpc) is 2.08. The maximum absolute atomic E-state index is 8.63. The molecule has 0 aliphatic rings. The highest BCUT2D eigenvalue weighted by atomic mass is 15.0. The number of rotatable bonds is 4. The Morgan fingerprint density at radius 2 is 2.00 bits per heavy atom. The van der Waals surface area contributed by atoms with Gasteiger partial charge in [0.25, 0.3) is 0 Å². The number of nitrogens with one attached hydrogen (secondary N) is 1. The van der Waals surface area contributed by atoms with Gasteiger partial charge < -0.3 is 5.73 Å². The Morgan fingerprint density at radius 3 is 2.27 bits per heavy atom. The number of nitrogens with two attached hydrogens (primary N) is 1. The number of hydrogen-bond acceptors (Lipinski definition) is 4. The third-order valence-electron chi connectivity index (χ3n) is 1.48. The van der Waals surface area contributed by atoms with Gasteiger partial charge in [-0.2, -0.15) is 10.5 Å². The number of nitriles is 2. The summed E-state index contributed by atoms with van der Waals surface area (Å²) in [6, 6.07) is 3.84. The first-order valence-electron chi connectivity index (χ1n) is 3.52. The van der Waals surface area contributed by atoms with Crippen LogP contribution in [0.1, 0.15) is 13.3 Å². The summed E-state index contributed by atoms with van der Waals surface area (Å²) in [5.74, 6) is 0. The van der Waals surface area contributed by atoms with Crippen LogP contribution in [-0.4, -0.2) is 18.6 Å². The summed E-state index contributed by atoms with van der Waals surface area (Å²) in [5.41, 5.74) is 4.18. The second-order valence-electron chi connectivity index (χ2n) is 2.20. The molecule has 0 saturated heterocycles. The fourth-order valence-electron chi connectivity index (χ4n) is 0.673. The molecular formula is C7H12N4. The van der Waals surface area contributed by atoms with E-state index in [1.807, 2.05) is 12.1 Å². The third kappa shape index (κ3) is 2.55. The molecule has 0 unspecified atom stereocenters. The molecule has 0 aromatic heterocycles. The largest absolute Gasteiger partial charge is 0.329 e. The second kappa shape index (κ2) is 4.68. The first kappa shape index (κ1) is 9.90. The van der Waals surface area contributed by atoms with Crippen molar-refractivity contribution in [2.45, 2.75) is 18.9 Å². The predicted molar refractivity (Wildman–Crippen MR) is 41.3 cm³/mol. The lowest BCUT2D eigenvalue weighted by Crippen LogP contribution is -2.44. The summed E-state index contributed by atoms with van der Waals surface area (Å²) < 4.78 is 0. The highest BCUT2D eigenvalue weighted by Crippen LogP contribution is 2.05. The van der Waals surface area contributed by atoms with Crippen LogP contribution in [0.3, 0.4) is 0 Å². The Hall–Kier alpha value is -1.10. The molecule has 0 saturated carbocycles. The molecule has 0 aromatic rings. The standard InChI is InChI=1S/C7H12N4/c1-2-7(5-9,6-10)11-4-3-8/h11H,2-4,8H2,1H3. The molecule has 0 heterocycles. The highest BCUT2D eigenvalue weighted by Gasteiger charge is 2.25. The van der Waals surface area contributed by atoms with E-state index in [4.69, 9.17) is 16.3 Å². The van der Waals surface area contributed by atoms with Crippen molar-refractivity contribution in [2.24, 2.45) is 5.73 Å². The van der Waals surface area contributed by atoms with Crippen molar-refractivity contribution in [1.82, 2.24) is 5.32 Å². The zero-order chi connectivity index (χ0) is 8.74. The first-order valence-corrected chi connectivity index (χ1v) is 3.52. The van der Waals surface area contributed by atoms with Crippen LogP contribution < -0.4 is 11.1 Å². The fourth-order valence-corrected chi connectivity index (χ4v) is 0.673. The molecule has 0 radical (unpaired) electrons. The van der Waals surface area contributed by atoms with Gasteiger partial charge >= 0.3 is 0 Å². The first-order chi connectivity index (χ1) is 5.24. The summed E-state index contributed by atoms with van der Waals surface area (Å²) in [4.78, 5) is 0. The second-order valence-corrected chi connectivity index (χ2v) is 2.20. The lowest BCUT2D eigenvalue weighted by Gasteiger charge is -2.16. The van der Waals surface area contributed by atoms with Gasteiger partial charge in [0, 0.05) is 13.1 Å². The fraction of sp³-hybridized carbons (Fsp3) is 0.714. The summed E-state index contributed by atoms with van der Waals surface area (Å²) >= 11 is 0. The normalized spacial score (nSPS) is 10.2. The molecule has 11 heavy (non-hydrogen) atoms. The molecule has 0 bridgehead atoms. The average molecular weight is 152 g/mol. The number of nitrogens with zero attached hydrogens (tertiary/aromatic N) is 2. The van der Waals surface area contributed by atoms with Crippen molar-refractivity contribution < 1.29 is 0 Å². The van der Waals surface area contributed by atoms with Crippen LogP contribution >= 0.6 is 0 Å². The molecule has 4 nitrogen and oxygen atoms in total. The van der Waals surface area contributed by atoms with E-state index in [1.165, 1.54) is 0 Å². The van der Waals surface area contributed by atoms with Gasteiger partial charge in [-0.05, 0) is 6.42 Å². The molecule has 4 heteroatoms. The van der Waals surface area contributed by atoms with E-state index in [0.717, 1.165) is 0 Å². The van der Waals surface area contributed by atoms with Gasteiger partial charge in [-0.3, -0.25) is 5.32 Å². The third-order valence-corrected chi connectivity index (χ3v) is 1.48. The lowest BCUT2D eigenvalue weighted by molar-refractivity contribution is 0.498. The van der Waals surface area contributed by atoms with Gasteiger partial charge in [0.2, 0.25) is 0 Å². The molecule has 60 valence electrons. The molecule has 0 amide bonds. The van der Waals surface area contributed by atoms with E-state index in [1.54, 1.807) is 6.92 Å². The molecule has 0 spiro atoms. The van der Waals surface area contributed by atoms with E-state index in [9.17, 15) is 0 Å². The molecule has 0 fully saturated rings. The minimum Gasteiger partial charge on any atom is -0.329 e. The summed E-state index contributed by atoms with van der Waals surface area (Å²) in [6.07, 6.45) is 0.472. The molecular weight excluding hydrogens is 140 g/mol. The van der Waals surface area contributed by atoms with E-state index in [2.05, 4.69) is 5.32 Å². The lowest BCUT2D eigenvalue weighted by atomic mass is 10.0. The Bertz CT molecular complexity index is 172. The van der Waals surface area contributed by atoms with Crippen LogP contribution in [0.4, 0.5) is 0 Å². The Kier molecular flexibility index (Phi) is 4.21. The Balaban J connectivity index is 4.12. The van der Waals surface area contributed by atoms with Gasteiger partial charge in [0.05, 0.1) is 0 Å². The van der Waals surface area contributed by atoms with E-state index in [-0.39, 0.29) is 0 Å². The van der Waals surface area contributed by atoms with Crippen LogP contribution in [-0.2, 0) is 0 Å². The molecule has 0 atom stereocenters. The Labute approximate surface area is 66.6 Å². The van der Waals surface area contributed by atoms with Crippen LogP contribution in [0.5, 0.6) is 0 Å². The van der Waals surface area contributed by atoms with Crippen molar-refractivity contribution in [3.63, 3.8) is 0 Å². The number of hydrogen-bond donors (Lipinski definition) is 2. The van der Waals surface area contributed by atoms with Crippen LogP contribution in [0.15, 0.2) is 0 Å². The van der Waals surface area contributed by atoms with Gasteiger partial charge in [0.1, 0.15) is 12.1 Å². The summed E-state index contributed by atoms with van der Waals surface area (Å²) in [5, 5.41) is 20.0. The van der Waals surface area contributed by atoms with E-state index < -0.39 is 5.54 Å². The summed E-state index contributed by atoms with van der Waals surface area (Å²) in [6.45, 7) is 2.72. The van der Waals surface area contributed by atoms with E-state index in [0.29, 0.717) is 19.5 Å². The van der Waals surface area contributed by atoms with Crippen molar-refractivity contribution in [2.75, 3.05) is 13.1 Å². The zero-order valence-electron chi connectivity index (χ0n) is 6.59. The van der Waals surface area contributed by atoms with Crippen molar-refractivity contribution >= 4 is 0 Å². The highest BCUT2D eigenvalue weighted by molar-refractivity contribution is 5.20. The molecule has 0 aromatic carbocycles. The molecule has 0 aliphatic carbocycles. The van der Waals surface area contributed by atoms with Crippen LogP contribution in [0, 0.1) is 22.7 Å². The summed E-state index contributed by atoms with van der Waals surface area (Å²) in [7, 11) is 0. The maximum atomic E-state index is 8.63. The topological polar surface area (TPSA) is 85.6 Å². The van der Waals surface area contributed by atoms with E-state index >= 15 is 0 Å². The van der Waals surface area contributed by atoms with Gasteiger partial charge in [0.15, 0.2) is 5.54 Å². The van der Waals surface area contributed by atoms with Crippen LogP contribution in [0.2, 0.25) is 0 Å². The molecule has 3 N–H and O–H groups in total. The Morgan fingerprint density at radius 1 is 1.45 bits per heavy atom. The van der Waals surface area contributed by atoms with Crippen molar-refractivity contribution in [1.29, 1.82) is 10.5 Å². The van der Waals surface area contributed by atoms with Gasteiger partial charge in [-0.15, -0.1) is 0 Å². The zero-order valence-corrected chi connectivity index (χ0v) is 6.59. The van der Waals surface area contributed by atoms with Crippen molar-refractivity contribution in [3.05, 3.63) is 0 Å². The van der Waals surface area contributed by atoms with Crippen molar-refractivity contribution in [3.8, 4) is 12.1 Å². The van der Waals surface area contributed by atoms with Crippen LogP contribution in [0.25, 0.3) is 0 Å².